The predicted molar refractivity (Wildman–Crippen MR) is 124 cm³/mol. The number of allylic oxidation sites excluding steroid dienone is 1. The molecule has 0 unspecified atom stereocenters. The van der Waals surface area contributed by atoms with Crippen LogP contribution in [0.5, 0.6) is 11.5 Å². The predicted octanol–water partition coefficient (Wildman–Crippen LogP) is 6.38. The molecule has 3 aromatic rings. The Bertz CT molecular complexity index is 1200. The van der Waals surface area contributed by atoms with Crippen LogP contribution in [0, 0.1) is 6.92 Å². The number of carbonyl (C=O) groups excluding carboxylic acids is 1. The second-order valence-corrected chi connectivity index (χ2v) is 9.10. The van der Waals surface area contributed by atoms with Crippen molar-refractivity contribution in [3.8, 4) is 11.5 Å². The van der Waals surface area contributed by atoms with Gasteiger partial charge in [0.05, 0.1) is 5.56 Å². The largest absolute Gasteiger partial charge is 0.477 e. The molecule has 0 fully saturated rings. The lowest BCUT2D eigenvalue weighted by molar-refractivity contribution is 0.0876. The highest BCUT2D eigenvalue weighted by Crippen LogP contribution is 2.43. The molecule has 2 aliphatic heterocycles. The quantitative estimate of drug-likeness (QED) is 0.395. The van der Waals surface area contributed by atoms with Crippen molar-refractivity contribution in [2.75, 3.05) is 6.73 Å². The second-order valence-electron chi connectivity index (χ2n) is 7.74. The summed E-state index contributed by atoms with van der Waals surface area (Å²) in [5, 5.41) is 0.723. The van der Waals surface area contributed by atoms with Crippen molar-refractivity contribution in [1.82, 2.24) is 4.90 Å². The fourth-order valence-corrected chi connectivity index (χ4v) is 4.35. The average Bonchev–Trinajstić information content (AvgIpc) is 3.07. The zero-order valence-corrected chi connectivity index (χ0v) is 19.2. The number of hydrogen-bond acceptors (Lipinski definition) is 4. The Kier molecular flexibility index (Phi) is 5.34. The van der Waals surface area contributed by atoms with Crippen molar-refractivity contribution < 1.29 is 14.3 Å². The third kappa shape index (κ3) is 4.01. The number of halogens is 2. The molecule has 4 nitrogen and oxygen atoms in total. The Morgan fingerprint density at radius 2 is 1.84 bits per heavy atom. The topological polar surface area (TPSA) is 38.8 Å². The zero-order chi connectivity index (χ0) is 21.5. The van der Waals surface area contributed by atoms with Crippen molar-refractivity contribution in [3.05, 3.63) is 97.7 Å². The first-order valence-electron chi connectivity index (χ1n) is 9.94. The van der Waals surface area contributed by atoms with E-state index in [9.17, 15) is 4.79 Å². The third-order valence-corrected chi connectivity index (χ3v) is 6.27. The minimum atomic E-state index is -0.0985. The lowest BCUT2D eigenvalue weighted by Crippen LogP contribution is -2.32. The smallest absolute Gasteiger partial charge is 0.231 e. The molecule has 0 aromatic heterocycles. The van der Waals surface area contributed by atoms with E-state index in [0.29, 0.717) is 30.3 Å². The van der Waals surface area contributed by atoms with Gasteiger partial charge in [0.15, 0.2) is 5.76 Å². The maximum atomic E-state index is 13.0. The summed E-state index contributed by atoms with van der Waals surface area (Å²) < 4.78 is 13.0. The summed E-state index contributed by atoms with van der Waals surface area (Å²) in [5.74, 6) is 1.64. The summed E-state index contributed by atoms with van der Waals surface area (Å²) in [5.41, 5.74) is 4.53. The van der Waals surface area contributed by atoms with Crippen molar-refractivity contribution >= 4 is 39.4 Å². The highest BCUT2D eigenvalue weighted by atomic mass is 79.9. The maximum Gasteiger partial charge on any atom is 0.231 e. The van der Waals surface area contributed by atoms with Gasteiger partial charge in [0.2, 0.25) is 5.78 Å². The summed E-state index contributed by atoms with van der Waals surface area (Å²) in [6.45, 7) is 3.87. The number of fused-ring (bicyclic) bond motifs is 2. The molecule has 0 saturated carbocycles. The fourth-order valence-electron chi connectivity index (χ4n) is 3.96. The van der Waals surface area contributed by atoms with E-state index in [2.05, 4.69) is 20.8 Å². The Balaban J connectivity index is 1.41. The molecule has 156 valence electrons. The molecular formula is C25H19BrClNO3. The van der Waals surface area contributed by atoms with E-state index < -0.39 is 0 Å². The van der Waals surface area contributed by atoms with Crippen molar-refractivity contribution in [1.29, 1.82) is 0 Å². The molecule has 0 bridgehead atoms. The Hall–Kier alpha value is -2.60. The lowest BCUT2D eigenvalue weighted by atomic mass is 10.00. The van der Waals surface area contributed by atoms with Crippen LogP contribution >= 0.6 is 27.5 Å². The minimum absolute atomic E-state index is 0.0985. The van der Waals surface area contributed by atoms with E-state index in [4.69, 9.17) is 21.1 Å². The summed E-state index contributed by atoms with van der Waals surface area (Å²) in [7, 11) is 0. The zero-order valence-electron chi connectivity index (χ0n) is 16.8. The van der Waals surface area contributed by atoms with Crippen LogP contribution < -0.4 is 9.47 Å². The van der Waals surface area contributed by atoms with Gasteiger partial charge >= 0.3 is 0 Å². The molecule has 0 saturated heterocycles. The van der Waals surface area contributed by atoms with Crippen molar-refractivity contribution in [2.24, 2.45) is 0 Å². The van der Waals surface area contributed by atoms with Crippen LogP contribution in [0.3, 0.4) is 0 Å². The van der Waals surface area contributed by atoms with Crippen molar-refractivity contribution in [2.45, 2.75) is 20.0 Å². The first-order valence-corrected chi connectivity index (χ1v) is 11.1. The first kappa shape index (κ1) is 20.3. The SMILES string of the molecule is Cc1c2c(cc3c1O/C(=C\c1ccc(Br)cc1)C3=O)CN(Cc1ccc(Cl)cc1)CO2. The molecule has 5 rings (SSSR count). The monoisotopic (exact) mass is 495 g/mol. The molecule has 6 heteroatoms. The number of nitrogens with zero attached hydrogens (tertiary/aromatic N) is 1. The standard InChI is InChI=1S/C25H19BrClNO3/c1-15-24-18(13-28(14-30-24)12-17-4-8-20(27)9-5-17)11-21-23(29)22(31-25(15)21)10-16-2-6-19(26)7-3-16/h2-11H,12-14H2,1H3/b22-10-. The highest BCUT2D eigenvalue weighted by Gasteiger charge is 2.33. The number of carbonyl (C=O) groups is 1. The third-order valence-electron chi connectivity index (χ3n) is 5.49. The van der Waals surface area contributed by atoms with E-state index in [0.717, 1.165) is 44.0 Å². The van der Waals surface area contributed by atoms with Crippen LogP contribution in [0.15, 0.2) is 64.8 Å². The lowest BCUT2D eigenvalue weighted by Gasteiger charge is -2.30. The molecule has 0 amide bonds. The maximum absolute atomic E-state index is 13.0. The van der Waals surface area contributed by atoms with Gasteiger partial charge in [-0.05, 0) is 54.5 Å². The van der Waals surface area contributed by atoms with Crippen LogP contribution in [-0.2, 0) is 13.1 Å². The van der Waals surface area contributed by atoms with E-state index in [1.807, 2.05) is 61.5 Å². The van der Waals surface area contributed by atoms with Gasteiger partial charge in [0.1, 0.15) is 18.2 Å². The van der Waals surface area contributed by atoms with E-state index in [1.54, 1.807) is 6.08 Å². The van der Waals surface area contributed by atoms with Gasteiger partial charge in [-0.25, -0.2) is 0 Å². The van der Waals surface area contributed by atoms with Gasteiger partial charge in [-0.15, -0.1) is 0 Å². The Morgan fingerprint density at radius 1 is 1.10 bits per heavy atom. The van der Waals surface area contributed by atoms with Crippen LogP contribution in [0.4, 0.5) is 0 Å². The molecule has 0 atom stereocenters. The Labute approximate surface area is 194 Å². The molecule has 2 heterocycles. The molecule has 3 aromatic carbocycles. The van der Waals surface area contributed by atoms with Crippen LogP contribution in [0.25, 0.3) is 6.08 Å². The second kappa shape index (κ2) is 8.15. The number of Topliss-reactive ketones (excluding diaryl/α,β-unsaturated/α-hetero) is 1. The van der Waals surface area contributed by atoms with E-state index >= 15 is 0 Å². The Morgan fingerprint density at radius 3 is 2.58 bits per heavy atom. The molecule has 2 aliphatic rings. The van der Waals surface area contributed by atoms with Crippen LogP contribution in [0.2, 0.25) is 5.02 Å². The molecule has 0 aliphatic carbocycles. The first-order chi connectivity index (χ1) is 15.0. The normalized spacial score (nSPS) is 16.6. The molecule has 0 N–H and O–H groups in total. The highest BCUT2D eigenvalue weighted by molar-refractivity contribution is 9.10. The molecule has 0 radical (unpaired) electrons. The van der Waals surface area contributed by atoms with Crippen molar-refractivity contribution in [3.63, 3.8) is 0 Å². The summed E-state index contributed by atoms with van der Waals surface area (Å²) in [4.78, 5) is 15.2. The van der Waals surface area contributed by atoms with E-state index in [1.165, 1.54) is 0 Å². The van der Waals surface area contributed by atoms with Crippen LogP contribution in [0.1, 0.15) is 32.6 Å². The van der Waals surface area contributed by atoms with Gasteiger partial charge in [0, 0.05) is 33.7 Å². The van der Waals surface area contributed by atoms with Gasteiger partial charge in [0.25, 0.3) is 0 Å². The molecular weight excluding hydrogens is 478 g/mol. The molecule has 31 heavy (non-hydrogen) atoms. The average molecular weight is 497 g/mol. The van der Waals surface area contributed by atoms with Crippen LogP contribution in [-0.4, -0.2) is 17.4 Å². The number of benzene rings is 3. The van der Waals surface area contributed by atoms with Gasteiger partial charge < -0.3 is 9.47 Å². The molecule has 0 spiro atoms. The summed E-state index contributed by atoms with van der Waals surface area (Å²) in [6, 6.07) is 17.5. The fraction of sp³-hybridized carbons (Fsp3) is 0.160. The number of ether oxygens (including phenoxy) is 2. The number of ketones is 1. The van der Waals surface area contributed by atoms with Gasteiger partial charge in [-0.2, -0.15) is 0 Å². The number of hydrogen-bond donors (Lipinski definition) is 0. The van der Waals surface area contributed by atoms with Gasteiger partial charge in [-0.1, -0.05) is 51.8 Å². The number of rotatable bonds is 3. The van der Waals surface area contributed by atoms with Gasteiger partial charge in [-0.3, -0.25) is 9.69 Å². The summed E-state index contributed by atoms with van der Waals surface area (Å²) in [6.07, 6.45) is 1.78. The summed E-state index contributed by atoms with van der Waals surface area (Å²) >= 11 is 9.41. The minimum Gasteiger partial charge on any atom is -0.477 e. The van der Waals surface area contributed by atoms with E-state index in [-0.39, 0.29) is 5.78 Å².